The number of rotatable bonds is 4. The van der Waals surface area contributed by atoms with Gasteiger partial charge in [0.15, 0.2) is 0 Å². The van der Waals surface area contributed by atoms with Crippen LogP contribution in [0.25, 0.3) is 11.3 Å². The Bertz CT molecular complexity index is 869. The summed E-state index contributed by atoms with van der Waals surface area (Å²) < 4.78 is 15.1. The molecule has 3 nitrogen and oxygen atoms in total. The lowest BCUT2D eigenvalue weighted by Crippen LogP contribution is -2.23. The third-order valence-corrected chi connectivity index (χ3v) is 3.80. The second-order valence-electron chi connectivity index (χ2n) is 5.36. The molecule has 0 amide bonds. The van der Waals surface area contributed by atoms with E-state index >= 15 is 0 Å². The maximum Gasteiger partial charge on any atom is 0.267 e. The molecule has 3 aromatic rings. The molecular formula is C19H17FN2O. The number of aromatic nitrogens is 2. The van der Waals surface area contributed by atoms with Crippen LogP contribution in [0.5, 0.6) is 0 Å². The third kappa shape index (κ3) is 3.37. The van der Waals surface area contributed by atoms with E-state index in [0.29, 0.717) is 11.3 Å². The summed E-state index contributed by atoms with van der Waals surface area (Å²) in [4.78, 5) is 12.0. The predicted molar refractivity (Wildman–Crippen MR) is 88.8 cm³/mol. The maximum absolute atomic E-state index is 13.8. The molecule has 3 rings (SSSR count). The summed E-state index contributed by atoms with van der Waals surface area (Å²) in [5.41, 5.74) is 3.07. The number of hydrogen-bond donors (Lipinski definition) is 0. The molecule has 0 fully saturated rings. The molecule has 0 radical (unpaired) electrons. The Hall–Kier alpha value is -2.75. The molecule has 0 bridgehead atoms. The second-order valence-corrected chi connectivity index (χ2v) is 5.36. The van der Waals surface area contributed by atoms with Gasteiger partial charge in [0.05, 0.1) is 12.2 Å². The van der Waals surface area contributed by atoms with Crippen LogP contribution in [-0.4, -0.2) is 9.78 Å². The smallest absolute Gasteiger partial charge is 0.267 e. The summed E-state index contributed by atoms with van der Waals surface area (Å²) in [7, 11) is 0. The van der Waals surface area contributed by atoms with Gasteiger partial charge in [-0.1, -0.05) is 49.4 Å². The van der Waals surface area contributed by atoms with Crippen molar-refractivity contribution in [3.05, 3.63) is 88.0 Å². The summed E-state index contributed by atoms with van der Waals surface area (Å²) in [6.07, 6.45) is 0.973. The minimum Gasteiger partial charge on any atom is -0.268 e. The normalized spacial score (nSPS) is 10.7. The number of halogens is 1. The Labute approximate surface area is 134 Å². The Balaban J connectivity index is 1.95. The van der Waals surface area contributed by atoms with Gasteiger partial charge in [0.2, 0.25) is 0 Å². The van der Waals surface area contributed by atoms with Crippen LogP contribution in [0.15, 0.2) is 65.5 Å². The molecule has 1 heterocycles. The lowest BCUT2D eigenvalue weighted by Gasteiger charge is -2.08. The summed E-state index contributed by atoms with van der Waals surface area (Å²) in [5.74, 6) is -0.334. The van der Waals surface area contributed by atoms with E-state index in [1.165, 1.54) is 22.4 Å². The van der Waals surface area contributed by atoms with Crippen molar-refractivity contribution in [2.75, 3.05) is 0 Å². The summed E-state index contributed by atoms with van der Waals surface area (Å²) in [6, 6.07) is 17.6. The third-order valence-electron chi connectivity index (χ3n) is 3.80. The largest absolute Gasteiger partial charge is 0.268 e. The van der Waals surface area contributed by atoms with Crippen LogP contribution < -0.4 is 5.56 Å². The zero-order valence-electron chi connectivity index (χ0n) is 12.9. The lowest BCUT2D eigenvalue weighted by molar-refractivity contribution is 0.573. The average Bonchev–Trinajstić information content (AvgIpc) is 2.59. The minimum atomic E-state index is -0.334. The molecule has 0 saturated heterocycles. The quantitative estimate of drug-likeness (QED) is 0.737. The molecule has 2 aromatic carbocycles. The van der Waals surface area contributed by atoms with Gasteiger partial charge in [-0.3, -0.25) is 4.79 Å². The van der Waals surface area contributed by atoms with Crippen LogP contribution in [0.1, 0.15) is 18.1 Å². The highest BCUT2D eigenvalue weighted by Gasteiger charge is 2.07. The van der Waals surface area contributed by atoms with E-state index in [-0.39, 0.29) is 17.9 Å². The molecule has 0 aliphatic carbocycles. The molecule has 116 valence electrons. The van der Waals surface area contributed by atoms with Crippen LogP contribution in [0, 0.1) is 5.82 Å². The van der Waals surface area contributed by atoms with Gasteiger partial charge in [-0.05, 0) is 24.1 Å². The highest BCUT2D eigenvalue weighted by atomic mass is 19.1. The standard InChI is InChI=1S/C19H17FN2O/c1-2-14-7-9-15(10-8-14)18-11-12-19(23)22(21-18)13-16-5-3-4-6-17(16)20/h3-12H,2,13H2,1H3. The van der Waals surface area contributed by atoms with Gasteiger partial charge in [0.1, 0.15) is 5.82 Å². The fourth-order valence-corrected chi connectivity index (χ4v) is 2.42. The zero-order chi connectivity index (χ0) is 16.2. The highest BCUT2D eigenvalue weighted by molar-refractivity contribution is 5.58. The van der Waals surface area contributed by atoms with Crippen molar-refractivity contribution in [2.45, 2.75) is 19.9 Å². The second kappa shape index (κ2) is 6.57. The molecule has 1 aromatic heterocycles. The Morgan fingerprint density at radius 1 is 1.00 bits per heavy atom. The first kappa shape index (κ1) is 15.2. The van der Waals surface area contributed by atoms with E-state index in [0.717, 1.165) is 12.0 Å². The molecule has 0 atom stereocenters. The maximum atomic E-state index is 13.8. The first-order valence-electron chi connectivity index (χ1n) is 7.58. The van der Waals surface area contributed by atoms with E-state index in [1.54, 1.807) is 24.3 Å². The van der Waals surface area contributed by atoms with Gasteiger partial charge in [-0.2, -0.15) is 5.10 Å². The molecule has 0 saturated carbocycles. The average molecular weight is 308 g/mol. The van der Waals surface area contributed by atoms with E-state index in [1.807, 2.05) is 24.3 Å². The predicted octanol–water partition coefficient (Wildman–Crippen LogP) is 3.66. The highest BCUT2D eigenvalue weighted by Crippen LogP contribution is 2.17. The van der Waals surface area contributed by atoms with Gasteiger partial charge < -0.3 is 0 Å². The van der Waals surface area contributed by atoms with Gasteiger partial charge in [-0.15, -0.1) is 0 Å². The van der Waals surface area contributed by atoms with Gasteiger partial charge in [0.25, 0.3) is 5.56 Å². The van der Waals surface area contributed by atoms with Crippen LogP contribution in [0.4, 0.5) is 4.39 Å². The molecule has 0 unspecified atom stereocenters. The number of benzene rings is 2. The van der Waals surface area contributed by atoms with Crippen LogP contribution in [0.3, 0.4) is 0 Å². The van der Waals surface area contributed by atoms with Gasteiger partial charge in [-0.25, -0.2) is 9.07 Å². The Morgan fingerprint density at radius 3 is 2.43 bits per heavy atom. The van der Waals surface area contributed by atoms with Crippen molar-refractivity contribution >= 4 is 0 Å². The molecular weight excluding hydrogens is 291 g/mol. The molecule has 4 heteroatoms. The van der Waals surface area contributed by atoms with Crippen molar-refractivity contribution in [2.24, 2.45) is 0 Å². The van der Waals surface area contributed by atoms with Gasteiger partial charge in [0, 0.05) is 17.2 Å². The van der Waals surface area contributed by atoms with Crippen molar-refractivity contribution in [3.8, 4) is 11.3 Å². The fraction of sp³-hybridized carbons (Fsp3) is 0.158. The number of aryl methyl sites for hydroxylation is 1. The molecule has 0 N–H and O–H groups in total. The SMILES string of the molecule is CCc1ccc(-c2ccc(=O)n(Cc3ccccc3F)n2)cc1. The Kier molecular flexibility index (Phi) is 4.33. The minimum absolute atomic E-state index is 0.117. The lowest BCUT2D eigenvalue weighted by atomic mass is 10.1. The van der Waals surface area contributed by atoms with Crippen molar-refractivity contribution in [3.63, 3.8) is 0 Å². The summed E-state index contributed by atoms with van der Waals surface area (Å²) >= 11 is 0. The summed E-state index contributed by atoms with van der Waals surface area (Å²) in [6.45, 7) is 2.22. The van der Waals surface area contributed by atoms with E-state index in [4.69, 9.17) is 0 Å². The van der Waals surface area contributed by atoms with Crippen molar-refractivity contribution in [1.82, 2.24) is 9.78 Å². The van der Waals surface area contributed by atoms with E-state index < -0.39 is 0 Å². The topological polar surface area (TPSA) is 34.9 Å². The Morgan fingerprint density at radius 2 is 1.74 bits per heavy atom. The first-order valence-corrected chi connectivity index (χ1v) is 7.58. The monoisotopic (exact) mass is 308 g/mol. The first-order chi connectivity index (χ1) is 11.2. The zero-order valence-corrected chi connectivity index (χ0v) is 12.9. The van der Waals surface area contributed by atoms with Crippen LogP contribution in [0.2, 0.25) is 0 Å². The number of nitrogens with zero attached hydrogens (tertiary/aromatic N) is 2. The van der Waals surface area contributed by atoms with E-state index in [9.17, 15) is 9.18 Å². The van der Waals surface area contributed by atoms with Crippen molar-refractivity contribution in [1.29, 1.82) is 0 Å². The molecule has 0 spiro atoms. The van der Waals surface area contributed by atoms with Crippen molar-refractivity contribution < 1.29 is 4.39 Å². The number of hydrogen-bond acceptors (Lipinski definition) is 2. The van der Waals surface area contributed by atoms with Crippen LogP contribution >= 0.6 is 0 Å². The van der Waals surface area contributed by atoms with Crippen LogP contribution in [-0.2, 0) is 13.0 Å². The van der Waals surface area contributed by atoms with E-state index in [2.05, 4.69) is 12.0 Å². The summed E-state index contributed by atoms with van der Waals surface area (Å²) in [5, 5.41) is 4.37. The fourth-order valence-electron chi connectivity index (χ4n) is 2.42. The van der Waals surface area contributed by atoms with Gasteiger partial charge >= 0.3 is 0 Å². The molecule has 23 heavy (non-hydrogen) atoms. The molecule has 0 aliphatic rings. The molecule has 0 aliphatic heterocycles.